The largest absolute Gasteiger partial charge is 0.541 e. The Kier molecular flexibility index (Phi) is 5.74. The molecule has 2 N–H and O–H groups in total. The summed E-state index contributed by atoms with van der Waals surface area (Å²) in [6.45, 7) is 3.57. The summed E-state index contributed by atoms with van der Waals surface area (Å²) in [5, 5.41) is 19.2. The van der Waals surface area contributed by atoms with Gasteiger partial charge in [-0.05, 0) is 25.2 Å². The first-order valence-corrected chi connectivity index (χ1v) is 8.69. The molecule has 5 nitrogen and oxygen atoms in total. The number of fused-ring (bicyclic) bond motifs is 2. The van der Waals surface area contributed by atoms with Crippen molar-refractivity contribution in [3.8, 4) is 0 Å². The van der Waals surface area contributed by atoms with Gasteiger partial charge in [-0.3, -0.25) is 15.9 Å². The molecular formula is C14H20O5PU-. The average Bonchev–Trinajstić information content (AvgIpc) is 2.36. The van der Waals surface area contributed by atoms with Gasteiger partial charge in [-0.15, -0.1) is 13.3 Å². The molecule has 2 bridgehead atoms. The van der Waals surface area contributed by atoms with Crippen LogP contribution < -0.4 is 0 Å². The van der Waals surface area contributed by atoms with Crippen LogP contribution in [0.25, 0.3) is 0 Å². The minimum atomic E-state index is -1.07. The van der Waals surface area contributed by atoms with Crippen molar-refractivity contribution < 1.29 is 55.7 Å². The zero-order valence-electron chi connectivity index (χ0n) is 12.3. The van der Waals surface area contributed by atoms with E-state index in [1.54, 1.807) is 6.92 Å². The number of carbonyl (C=O) groups is 2. The molecule has 2 saturated heterocycles. The third-order valence-corrected chi connectivity index (χ3v) is 8.11. The fourth-order valence-electron chi connectivity index (χ4n) is 4.02. The second-order valence-electron chi connectivity index (χ2n) is 6.69. The first-order chi connectivity index (χ1) is 9.21. The van der Waals surface area contributed by atoms with Crippen LogP contribution >= 0.6 is 7.92 Å². The van der Waals surface area contributed by atoms with Crippen LogP contribution in [-0.2, 0) is 14.4 Å². The topological polar surface area (TPSA) is 91.7 Å². The molecule has 2 fully saturated rings. The van der Waals surface area contributed by atoms with Crippen LogP contribution in [0.4, 0.5) is 0 Å². The Morgan fingerprint density at radius 2 is 1.76 bits per heavy atom. The second-order valence-corrected chi connectivity index (χ2v) is 8.98. The molecule has 0 spiro atoms. The molecule has 0 radical (unpaired) electrons. The summed E-state index contributed by atoms with van der Waals surface area (Å²) in [7, 11) is -0.747. The van der Waals surface area contributed by atoms with Crippen molar-refractivity contribution >= 4 is 26.1 Å². The summed E-state index contributed by atoms with van der Waals surface area (Å²) in [5.74, 6) is -1.85. The summed E-state index contributed by atoms with van der Waals surface area (Å²) in [5.41, 5.74) is -2.74. The van der Waals surface area contributed by atoms with E-state index >= 15 is 0 Å². The van der Waals surface area contributed by atoms with E-state index in [4.69, 9.17) is 0 Å². The third kappa shape index (κ3) is 3.23. The van der Waals surface area contributed by atoms with Gasteiger partial charge >= 0.3 is 11.9 Å². The average molecular weight is 537 g/mol. The maximum Gasteiger partial charge on any atom is 0.310 e. The fraction of sp³-hybridized carbons (Fsp3) is 0.786. The van der Waals surface area contributed by atoms with Crippen molar-refractivity contribution in [2.45, 2.75) is 33.1 Å². The number of carbonyl (C=O) groups excluding carboxylic acids is 1. The normalized spacial score (nSPS) is 41.7. The Morgan fingerprint density at radius 1 is 1.14 bits per heavy atom. The molecule has 0 aromatic rings. The van der Waals surface area contributed by atoms with Crippen molar-refractivity contribution in [1.29, 1.82) is 0 Å². The van der Waals surface area contributed by atoms with E-state index in [2.05, 4.69) is 0 Å². The van der Waals surface area contributed by atoms with E-state index in [9.17, 15) is 24.6 Å². The van der Waals surface area contributed by atoms with Crippen LogP contribution in [0, 0.1) is 47.4 Å². The second kappa shape index (κ2) is 6.30. The van der Waals surface area contributed by atoms with Crippen LogP contribution in [0.2, 0.25) is 0 Å². The molecular weight excluding hydrogens is 517 g/mol. The molecule has 0 saturated carbocycles. The fourth-order valence-corrected chi connectivity index (χ4v) is 8.06. The summed E-state index contributed by atoms with van der Waals surface area (Å²) in [4.78, 5) is 34.7. The molecule has 2 rings (SSSR count). The number of hydrogen-bond donors (Lipinski definition) is 2. The Labute approximate surface area is 149 Å². The van der Waals surface area contributed by atoms with E-state index in [-0.39, 0.29) is 44.0 Å². The number of carboxylic acid groups (broad SMARTS) is 2. The molecule has 0 aliphatic carbocycles. The van der Waals surface area contributed by atoms with Gasteiger partial charge in [0.2, 0.25) is 0 Å². The molecule has 2 aliphatic rings. The number of carboxylic acids is 2. The van der Waals surface area contributed by atoms with Crippen LogP contribution in [0.5, 0.6) is 0 Å². The SMILES string of the molecule is CCC1(C(=O)O)CP2CC(C)([C-]=O)CC(C(=O)O)(C2)C1.[U]. The molecule has 4 atom stereocenters. The zero-order chi connectivity index (χ0) is 15.2. The van der Waals surface area contributed by atoms with Gasteiger partial charge in [0.25, 0.3) is 0 Å². The quantitative estimate of drug-likeness (QED) is 0.423. The number of hydrogen-bond acceptors (Lipinski definition) is 3. The molecule has 0 aromatic heterocycles. The van der Waals surface area contributed by atoms with E-state index in [1.807, 2.05) is 13.2 Å². The van der Waals surface area contributed by atoms with Gasteiger partial charge in [-0.2, -0.15) is 0 Å². The number of aliphatic carboxylic acids is 2. The Balaban J connectivity index is 0.00000220. The predicted molar refractivity (Wildman–Crippen MR) is 75.0 cm³/mol. The van der Waals surface area contributed by atoms with Crippen LogP contribution in [0.3, 0.4) is 0 Å². The van der Waals surface area contributed by atoms with Gasteiger partial charge in [0, 0.05) is 31.1 Å². The molecule has 0 amide bonds. The molecule has 2 heterocycles. The summed E-state index contributed by atoms with van der Waals surface area (Å²) < 4.78 is 0. The summed E-state index contributed by atoms with van der Waals surface area (Å²) >= 11 is 0. The molecule has 2 aliphatic heterocycles. The first-order valence-electron chi connectivity index (χ1n) is 6.79. The molecule has 116 valence electrons. The Hall–Kier alpha value is 0.0919. The van der Waals surface area contributed by atoms with Gasteiger partial charge in [-0.25, -0.2) is 0 Å². The molecule has 21 heavy (non-hydrogen) atoms. The Bertz CT molecular complexity index is 470. The van der Waals surface area contributed by atoms with Gasteiger partial charge in [-0.1, -0.05) is 26.4 Å². The zero-order valence-corrected chi connectivity index (χ0v) is 17.4. The maximum atomic E-state index is 11.8. The maximum absolute atomic E-state index is 11.8. The Morgan fingerprint density at radius 3 is 2.19 bits per heavy atom. The summed E-state index contributed by atoms with van der Waals surface area (Å²) in [6, 6.07) is 0. The standard InChI is InChI=1S/C14H20O5P.U/c1-3-13(10(16)17)5-14(11(18)19)4-12(2,6-15)7-20(8-13)9-14;/h3-5,7-9H2,1-2H3,(H,16,17)(H,18,19);/q-1;. The minimum Gasteiger partial charge on any atom is -0.541 e. The molecule has 4 unspecified atom stereocenters. The van der Waals surface area contributed by atoms with Gasteiger partial charge in [0.1, 0.15) is 0 Å². The first kappa shape index (κ1) is 19.1. The van der Waals surface area contributed by atoms with Crippen LogP contribution in [-0.4, -0.2) is 46.9 Å². The van der Waals surface area contributed by atoms with Crippen molar-refractivity contribution in [3.05, 3.63) is 0 Å². The van der Waals surface area contributed by atoms with Crippen molar-refractivity contribution in [3.63, 3.8) is 0 Å². The minimum absolute atomic E-state index is 0. The van der Waals surface area contributed by atoms with E-state index < -0.39 is 36.1 Å². The smallest absolute Gasteiger partial charge is 0.310 e. The van der Waals surface area contributed by atoms with Gasteiger partial charge < -0.3 is 15.0 Å². The van der Waals surface area contributed by atoms with Crippen molar-refractivity contribution in [2.75, 3.05) is 18.5 Å². The van der Waals surface area contributed by atoms with E-state index in [0.717, 1.165) is 0 Å². The number of rotatable bonds is 4. The third-order valence-electron chi connectivity index (χ3n) is 4.86. The van der Waals surface area contributed by atoms with Crippen molar-refractivity contribution in [1.82, 2.24) is 0 Å². The van der Waals surface area contributed by atoms with Crippen LogP contribution in [0.1, 0.15) is 33.1 Å². The van der Waals surface area contributed by atoms with Gasteiger partial charge in [0.15, 0.2) is 0 Å². The van der Waals surface area contributed by atoms with Crippen LogP contribution in [0.15, 0.2) is 0 Å². The van der Waals surface area contributed by atoms with Crippen molar-refractivity contribution in [2.24, 2.45) is 16.2 Å². The monoisotopic (exact) mass is 537 g/mol. The molecule has 0 aromatic carbocycles. The predicted octanol–water partition coefficient (Wildman–Crippen LogP) is 1.94. The van der Waals surface area contributed by atoms with Gasteiger partial charge in [0.05, 0.1) is 10.8 Å². The van der Waals surface area contributed by atoms with E-state index in [1.165, 1.54) is 0 Å². The molecule has 7 heteroatoms. The summed E-state index contributed by atoms with van der Waals surface area (Å²) in [6.07, 6.45) is 4.49. The van der Waals surface area contributed by atoms with E-state index in [0.29, 0.717) is 24.9 Å².